The Bertz CT molecular complexity index is 1100. The lowest BCUT2D eigenvalue weighted by atomic mass is 9.88. The van der Waals surface area contributed by atoms with E-state index in [0.717, 1.165) is 53.1 Å². The Balaban J connectivity index is 1.25. The van der Waals surface area contributed by atoms with Crippen LogP contribution in [0, 0.1) is 0 Å². The van der Waals surface area contributed by atoms with Crippen molar-refractivity contribution in [1.82, 2.24) is 25.0 Å². The Kier molecular flexibility index (Phi) is 4.65. The molecule has 3 aliphatic heterocycles. The predicted molar refractivity (Wildman–Crippen MR) is 121 cm³/mol. The number of benzene rings is 1. The van der Waals surface area contributed by atoms with Crippen molar-refractivity contribution in [2.75, 3.05) is 31.5 Å². The summed E-state index contributed by atoms with van der Waals surface area (Å²) in [7, 11) is 1.93. The number of aromatic nitrogens is 3. The monoisotopic (exact) mass is 416 g/mol. The Labute approximate surface area is 182 Å². The zero-order valence-corrected chi connectivity index (χ0v) is 17.8. The van der Waals surface area contributed by atoms with E-state index in [-0.39, 0.29) is 0 Å². The van der Waals surface area contributed by atoms with Gasteiger partial charge < -0.3 is 15.4 Å². The average Bonchev–Trinajstić information content (AvgIpc) is 3.09. The largest absolute Gasteiger partial charge is 0.487 e. The highest BCUT2D eigenvalue weighted by molar-refractivity contribution is 5.76. The standard InChI is InChI=1S/C24H28N6O/c1-29-14-18(11-27-29)20-4-7-26-24-21(20)15-31-23-3-2-17(10-22(23)28-24)16-5-8-30(9-6-16)19-12-25-13-19/h2-4,7,10-11,14,16,19,25H,5-6,8-9,12-13,15H2,1H3,(H,26,28). The molecular weight excluding hydrogens is 388 g/mol. The van der Waals surface area contributed by atoms with Gasteiger partial charge in [0.1, 0.15) is 18.2 Å². The molecule has 0 unspecified atom stereocenters. The van der Waals surface area contributed by atoms with E-state index in [4.69, 9.17) is 4.74 Å². The highest BCUT2D eigenvalue weighted by atomic mass is 16.5. The first-order valence-corrected chi connectivity index (χ1v) is 11.2. The van der Waals surface area contributed by atoms with Gasteiger partial charge in [-0.15, -0.1) is 0 Å². The van der Waals surface area contributed by atoms with E-state index in [0.29, 0.717) is 12.5 Å². The number of ether oxygens (including phenoxy) is 1. The molecule has 160 valence electrons. The second-order valence-electron chi connectivity index (χ2n) is 8.88. The van der Waals surface area contributed by atoms with E-state index in [1.807, 2.05) is 36.4 Å². The molecule has 0 saturated carbocycles. The van der Waals surface area contributed by atoms with Crippen LogP contribution in [0.3, 0.4) is 0 Å². The third-order valence-electron chi connectivity index (χ3n) is 6.98. The molecule has 0 aliphatic carbocycles. The maximum absolute atomic E-state index is 6.21. The molecule has 5 heterocycles. The minimum absolute atomic E-state index is 0.487. The molecule has 1 aromatic carbocycles. The Hall–Kier alpha value is -2.90. The van der Waals surface area contributed by atoms with E-state index in [9.17, 15) is 0 Å². The van der Waals surface area contributed by atoms with Gasteiger partial charge in [-0.05, 0) is 61.2 Å². The quantitative estimate of drug-likeness (QED) is 0.683. The SMILES string of the molecule is Cn1cc(-c2ccnc3c2COc2ccc(C4CCN(C5CNC5)CC4)cc2N3)cn1. The van der Waals surface area contributed by atoms with Crippen molar-refractivity contribution >= 4 is 11.5 Å². The number of fused-ring (bicyclic) bond motifs is 2. The van der Waals surface area contributed by atoms with Crippen molar-refractivity contribution in [2.45, 2.75) is 31.4 Å². The van der Waals surface area contributed by atoms with E-state index in [1.165, 1.54) is 31.5 Å². The van der Waals surface area contributed by atoms with Crippen LogP contribution >= 0.6 is 0 Å². The number of rotatable bonds is 3. The molecule has 2 aromatic heterocycles. The minimum atomic E-state index is 0.487. The molecule has 31 heavy (non-hydrogen) atoms. The fourth-order valence-electron chi connectivity index (χ4n) is 5.01. The van der Waals surface area contributed by atoms with Gasteiger partial charge in [0.05, 0.1) is 11.9 Å². The van der Waals surface area contributed by atoms with Crippen LogP contribution in [0.1, 0.15) is 29.9 Å². The Morgan fingerprint density at radius 1 is 1.13 bits per heavy atom. The second-order valence-corrected chi connectivity index (χ2v) is 8.88. The van der Waals surface area contributed by atoms with Crippen LogP contribution in [0.2, 0.25) is 0 Å². The summed E-state index contributed by atoms with van der Waals surface area (Å²) in [5.41, 5.74) is 5.66. The topological polar surface area (TPSA) is 67.2 Å². The van der Waals surface area contributed by atoms with Crippen LogP contribution in [0.15, 0.2) is 42.9 Å². The minimum Gasteiger partial charge on any atom is -0.487 e. The summed E-state index contributed by atoms with van der Waals surface area (Å²) in [4.78, 5) is 7.28. The molecule has 3 aliphatic rings. The second kappa shape index (κ2) is 7.66. The van der Waals surface area contributed by atoms with Gasteiger partial charge >= 0.3 is 0 Å². The van der Waals surface area contributed by atoms with E-state index < -0.39 is 0 Å². The molecule has 3 aromatic rings. The molecule has 0 radical (unpaired) electrons. The van der Waals surface area contributed by atoms with Gasteiger partial charge in [-0.2, -0.15) is 5.10 Å². The van der Waals surface area contributed by atoms with E-state index in [1.54, 1.807) is 0 Å². The Morgan fingerprint density at radius 3 is 2.74 bits per heavy atom. The molecule has 2 saturated heterocycles. The zero-order chi connectivity index (χ0) is 20.8. The van der Waals surface area contributed by atoms with Gasteiger partial charge in [0.15, 0.2) is 0 Å². The van der Waals surface area contributed by atoms with Gasteiger partial charge in [0.25, 0.3) is 0 Å². The van der Waals surface area contributed by atoms with Crippen molar-refractivity contribution in [3.05, 3.63) is 54.0 Å². The first kappa shape index (κ1) is 18.8. The maximum atomic E-state index is 6.21. The van der Waals surface area contributed by atoms with Crippen molar-refractivity contribution in [1.29, 1.82) is 0 Å². The lowest BCUT2D eigenvalue weighted by Crippen LogP contribution is -2.58. The first-order valence-electron chi connectivity index (χ1n) is 11.2. The molecule has 7 nitrogen and oxygen atoms in total. The average molecular weight is 417 g/mol. The summed E-state index contributed by atoms with van der Waals surface area (Å²) in [6, 6.07) is 9.42. The van der Waals surface area contributed by atoms with Gasteiger partial charge in [-0.3, -0.25) is 9.58 Å². The first-order chi connectivity index (χ1) is 15.2. The lowest BCUT2D eigenvalue weighted by molar-refractivity contribution is 0.113. The van der Waals surface area contributed by atoms with Crippen molar-refractivity contribution < 1.29 is 4.74 Å². The molecule has 0 spiro atoms. The molecule has 6 rings (SSSR count). The van der Waals surface area contributed by atoms with E-state index >= 15 is 0 Å². The third kappa shape index (κ3) is 3.47. The number of piperidine rings is 1. The van der Waals surface area contributed by atoms with Gasteiger partial charge in [0, 0.05) is 49.7 Å². The summed E-state index contributed by atoms with van der Waals surface area (Å²) in [6.45, 7) is 5.17. The lowest BCUT2D eigenvalue weighted by Gasteiger charge is -2.42. The number of hydrogen-bond acceptors (Lipinski definition) is 6. The molecule has 2 fully saturated rings. The highest BCUT2D eigenvalue weighted by Crippen LogP contribution is 2.39. The fourth-order valence-corrected chi connectivity index (χ4v) is 5.01. The smallest absolute Gasteiger partial charge is 0.143 e. The van der Waals surface area contributed by atoms with E-state index in [2.05, 4.69) is 43.8 Å². The van der Waals surface area contributed by atoms with Gasteiger partial charge in [0.2, 0.25) is 0 Å². The number of nitrogens with one attached hydrogen (secondary N) is 2. The van der Waals surface area contributed by atoms with Crippen LogP contribution in [0.4, 0.5) is 11.5 Å². The molecule has 0 atom stereocenters. The maximum Gasteiger partial charge on any atom is 0.143 e. The number of pyridine rings is 1. The molecule has 7 heteroatoms. The zero-order valence-electron chi connectivity index (χ0n) is 17.8. The summed E-state index contributed by atoms with van der Waals surface area (Å²) in [6.07, 6.45) is 8.20. The number of hydrogen-bond donors (Lipinski definition) is 2. The number of nitrogens with zero attached hydrogens (tertiary/aromatic N) is 4. The Morgan fingerprint density at radius 2 is 2.00 bits per heavy atom. The highest BCUT2D eigenvalue weighted by Gasteiger charge is 2.29. The number of anilines is 2. The fraction of sp³-hybridized carbons (Fsp3) is 0.417. The van der Waals surface area contributed by atoms with Crippen LogP contribution in [-0.4, -0.2) is 51.9 Å². The summed E-state index contributed by atoms with van der Waals surface area (Å²) >= 11 is 0. The summed E-state index contributed by atoms with van der Waals surface area (Å²) in [5.74, 6) is 2.36. The van der Waals surface area contributed by atoms with Crippen molar-refractivity contribution in [2.24, 2.45) is 7.05 Å². The molecular formula is C24H28N6O. The van der Waals surface area contributed by atoms with Gasteiger partial charge in [-0.25, -0.2) is 4.98 Å². The number of likely N-dealkylation sites (tertiary alicyclic amines) is 1. The van der Waals surface area contributed by atoms with Crippen LogP contribution in [-0.2, 0) is 13.7 Å². The summed E-state index contributed by atoms with van der Waals surface area (Å²) in [5, 5.41) is 11.3. The molecule has 0 bridgehead atoms. The number of aryl methyl sites for hydroxylation is 1. The normalized spacial score (nSPS) is 19.5. The van der Waals surface area contributed by atoms with Crippen LogP contribution < -0.4 is 15.4 Å². The summed E-state index contributed by atoms with van der Waals surface area (Å²) < 4.78 is 8.03. The molecule has 2 N–H and O–H groups in total. The molecule has 0 amide bonds. The van der Waals surface area contributed by atoms with Crippen LogP contribution in [0.25, 0.3) is 11.1 Å². The van der Waals surface area contributed by atoms with Crippen molar-refractivity contribution in [3.8, 4) is 16.9 Å². The third-order valence-corrected chi connectivity index (χ3v) is 6.98. The van der Waals surface area contributed by atoms with Crippen LogP contribution in [0.5, 0.6) is 5.75 Å². The predicted octanol–water partition coefficient (Wildman–Crippen LogP) is 3.27. The van der Waals surface area contributed by atoms with Gasteiger partial charge in [-0.1, -0.05) is 6.07 Å². The van der Waals surface area contributed by atoms with Crippen molar-refractivity contribution in [3.63, 3.8) is 0 Å².